The molecular formula is C18H13BrF3N3O2. The van der Waals surface area contributed by atoms with Crippen molar-refractivity contribution >= 4 is 33.2 Å². The van der Waals surface area contributed by atoms with Crippen LogP contribution in [-0.2, 0) is 11.3 Å². The minimum absolute atomic E-state index is 0.00567. The van der Waals surface area contributed by atoms with Crippen molar-refractivity contribution in [3.05, 3.63) is 57.7 Å². The van der Waals surface area contributed by atoms with E-state index in [0.29, 0.717) is 23.1 Å². The Balaban J connectivity index is 1.86. The van der Waals surface area contributed by atoms with Gasteiger partial charge in [-0.3, -0.25) is 9.69 Å². The van der Waals surface area contributed by atoms with E-state index in [9.17, 15) is 18.0 Å². The van der Waals surface area contributed by atoms with Crippen LogP contribution in [0.15, 0.2) is 28.9 Å². The molecule has 1 aromatic carbocycles. The summed E-state index contributed by atoms with van der Waals surface area (Å²) in [4.78, 5) is 18.2. The van der Waals surface area contributed by atoms with Crippen LogP contribution in [0.4, 0.5) is 18.9 Å². The number of anilines is 1. The molecule has 0 radical (unpaired) electrons. The molecule has 0 saturated heterocycles. The van der Waals surface area contributed by atoms with E-state index in [0.717, 1.165) is 6.07 Å². The van der Waals surface area contributed by atoms with Gasteiger partial charge in [-0.2, -0.15) is 0 Å². The number of aromatic nitrogens is 2. The summed E-state index contributed by atoms with van der Waals surface area (Å²) in [6.07, 6.45) is 0.572. The average molecular weight is 440 g/mol. The van der Waals surface area contributed by atoms with Gasteiger partial charge < -0.3 is 9.14 Å². The monoisotopic (exact) mass is 439 g/mol. The molecule has 0 unspecified atom stereocenters. The van der Waals surface area contributed by atoms with Crippen LogP contribution >= 0.6 is 15.9 Å². The average Bonchev–Trinajstić information content (AvgIpc) is 2.88. The van der Waals surface area contributed by atoms with Crippen LogP contribution in [0.25, 0.3) is 5.65 Å². The largest absolute Gasteiger partial charge is 0.476 e. The first-order valence-electron chi connectivity index (χ1n) is 8.06. The Hall–Kier alpha value is -2.55. The number of fused-ring (bicyclic) bond motifs is 2. The lowest BCUT2D eigenvalue weighted by atomic mass is 10.1. The number of pyridine rings is 1. The Bertz CT molecular complexity index is 1100. The van der Waals surface area contributed by atoms with E-state index in [1.807, 2.05) is 0 Å². The minimum atomic E-state index is -0.930. The first-order valence-corrected chi connectivity index (χ1v) is 8.85. The number of imidazole rings is 1. The maximum atomic E-state index is 14.1. The summed E-state index contributed by atoms with van der Waals surface area (Å²) >= 11 is 3.13. The van der Waals surface area contributed by atoms with Crippen LogP contribution in [0, 0.1) is 24.4 Å². The third-order valence-corrected chi connectivity index (χ3v) is 5.04. The maximum Gasteiger partial charge on any atom is 0.268 e. The number of halogens is 4. The van der Waals surface area contributed by atoms with Gasteiger partial charge in [0.05, 0.1) is 28.1 Å². The number of rotatable bonds is 2. The lowest BCUT2D eigenvalue weighted by Crippen LogP contribution is -2.44. The van der Waals surface area contributed by atoms with Crippen LogP contribution in [0.1, 0.15) is 18.3 Å². The van der Waals surface area contributed by atoms with Crippen molar-refractivity contribution < 1.29 is 22.7 Å². The van der Waals surface area contributed by atoms with Gasteiger partial charge in [-0.15, -0.1) is 0 Å². The molecule has 1 amide bonds. The van der Waals surface area contributed by atoms with E-state index in [4.69, 9.17) is 4.74 Å². The number of hydrogen-bond donors (Lipinski definition) is 0. The summed E-state index contributed by atoms with van der Waals surface area (Å²) in [6, 6.07) is 3.02. The highest BCUT2D eigenvalue weighted by atomic mass is 79.9. The van der Waals surface area contributed by atoms with Gasteiger partial charge in [0, 0.05) is 24.4 Å². The predicted molar refractivity (Wildman–Crippen MR) is 95.2 cm³/mol. The molecule has 0 saturated carbocycles. The standard InChI is InChI=1S/C18H13BrF3N3O2/c1-8-15(24-6-11(19)12(21)5-16(24)23-8)7-25-14-4-10(20)3-13(22)17(14)27-9(2)18(25)26/h3-6,9H,7H2,1-2H3/t9-/m0/s1. The van der Waals surface area contributed by atoms with Gasteiger partial charge in [-0.1, -0.05) is 0 Å². The van der Waals surface area contributed by atoms with Crippen molar-refractivity contribution in [2.75, 3.05) is 4.90 Å². The van der Waals surface area contributed by atoms with Gasteiger partial charge in [0.15, 0.2) is 17.7 Å². The molecular weight excluding hydrogens is 427 g/mol. The van der Waals surface area contributed by atoms with Crippen LogP contribution in [0.3, 0.4) is 0 Å². The zero-order valence-corrected chi connectivity index (χ0v) is 15.8. The quantitative estimate of drug-likeness (QED) is 0.602. The fourth-order valence-electron chi connectivity index (χ4n) is 3.14. The molecule has 0 spiro atoms. The van der Waals surface area contributed by atoms with Crippen molar-refractivity contribution in [2.24, 2.45) is 0 Å². The number of aryl methyl sites for hydroxylation is 1. The molecule has 2 aromatic heterocycles. The Morgan fingerprint density at radius 2 is 1.96 bits per heavy atom. The Labute approximate surface area is 160 Å². The molecule has 0 N–H and O–H groups in total. The second-order valence-corrected chi connectivity index (χ2v) is 7.12. The van der Waals surface area contributed by atoms with E-state index in [-0.39, 0.29) is 22.5 Å². The van der Waals surface area contributed by atoms with E-state index in [1.54, 1.807) is 11.3 Å². The molecule has 1 aliphatic rings. The lowest BCUT2D eigenvalue weighted by Gasteiger charge is -2.33. The summed E-state index contributed by atoms with van der Waals surface area (Å²) in [7, 11) is 0. The van der Waals surface area contributed by atoms with Gasteiger partial charge in [0.1, 0.15) is 17.3 Å². The molecule has 1 atom stereocenters. The third-order valence-electron chi connectivity index (χ3n) is 4.46. The normalized spacial score (nSPS) is 16.6. The smallest absolute Gasteiger partial charge is 0.268 e. The Kier molecular flexibility index (Phi) is 4.14. The third kappa shape index (κ3) is 2.86. The lowest BCUT2D eigenvalue weighted by molar-refractivity contribution is -0.125. The fraction of sp³-hybridized carbons (Fsp3) is 0.222. The van der Waals surface area contributed by atoms with Crippen molar-refractivity contribution in [1.29, 1.82) is 0 Å². The van der Waals surface area contributed by atoms with Crippen molar-refractivity contribution in [3.8, 4) is 5.75 Å². The fourth-order valence-corrected chi connectivity index (χ4v) is 3.46. The maximum absolute atomic E-state index is 14.1. The molecule has 9 heteroatoms. The van der Waals surface area contributed by atoms with Crippen LogP contribution in [-0.4, -0.2) is 21.4 Å². The van der Waals surface area contributed by atoms with Crippen LogP contribution < -0.4 is 9.64 Å². The van der Waals surface area contributed by atoms with Crippen LogP contribution in [0.5, 0.6) is 5.75 Å². The molecule has 140 valence electrons. The number of nitrogens with zero attached hydrogens (tertiary/aromatic N) is 3. The van der Waals surface area contributed by atoms with Gasteiger partial charge in [-0.05, 0) is 29.8 Å². The summed E-state index contributed by atoms with van der Waals surface area (Å²) in [5.41, 5.74) is 1.52. The van der Waals surface area contributed by atoms with E-state index in [1.165, 1.54) is 24.1 Å². The molecule has 5 nitrogen and oxygen atoms in total. The van der Waals surface area contributed by atoms with Gasteiger partial charge >= 0.3 is 0 Å². The van der Waals surface area contributed by atoms with Gasteiger partial charge in [0.2, 0.25) is 0 Å². The van der Waals surface area contributed by atoms with E-state index in [2.05, 4.69) is 20.9 Å². The molecule has 27 heavy (non-hydrogen) atoms. The topological polar surface area (TPSA) is 46.8 Å². The Morgan fingerprint density at radius 1 is 1.22 bits per heavy atom. The first-order chi connectivity index (χ1) is 12.8. The highest BCUT2D eigenvalue weighted by molar-refractivity contribution is 9.10. The summed E-state index contributed by atoms with van der Waals surface area (Å²) in [5.74, 6) is -2.79. The summed E-state index contributed by atoms with van der Waals surface area (Å²) in [5, 5.41) is 0. The second-order valence-electron chi connectivity index (χ2n) is 6.26. The van der Waals surface area contributed by atoms with Crippen molar-refractivity contribution in [1.82, 2.24) is 9.38 Å². The number of benzene rings is 1. The number of hydrogen-bond acceptors (Lipinski definition) is 3. The van der Waals surface area contributed by atoms with Crippen LogP contribution in [0.2, 0.25) is 0 Å². The number of amides is 1. The second kappa shape index (κ2) is 6.26. The zero-order chi connectivity index (χ0) is 19.5. The summed E-state index contributed by atoms with van der Waals surface area (Å²) < 4.78 is 48.9. The van der Waals surface area contributed by atoms with Gasteiger partial charge in [0.25, 0.3) is 5.91 Å². The molecule has 4 rings (SSSR count). The van der Waals surface area contributed by atoms with E-state index >= 15 is 0 Å². The van der Waals surface area contributed by atoms with Gasteiger partial charge in [-0.25, -0.2) is 18.2 Å². The molecule has 0 fully saturated rings. The molecule has 1 aliphatic heterocycles. The SMILES string of the molecule is Cc1nc2cc(F)c(Br)cn2c1CN1C(=O)[C@H](C)Oc2c(F)cc(F)cc21. The zero-order valence-electron chi connectivity index (χ0n) is 14.3. The number of ether oxygens (including phenoxy) is 1. The van der Waals surface area contributed by atoms with E-state index < -0.39 is 29.5 Å². The predicted octanol–water partition coefficient (Wildman–Crippen LogP) is 4.14. The minimum Gasteiger partial charge on any atom is -0.476 e. The number of carbonyl (C=O) groups is 1. The van der Waals surface area contributed by atoms with Crippen molar-refractivity contribution in [3.63, 3.8) is 0 Å². The number of carbonyl (C=O) groups excluding carboxylic acids is 1. The summed E-state index contributed by atoms with van der Waals surface area (Å²) in [6.45, 7) is 3.21. The van der Waals surface area contributed by atoms with Crippen molar-refractivity contribution in [2.45, 2.75) is 26.5 Å². The first kappa shape index (κ1) is 17.8. The highest BCUT2D eigenvalue weighted by Crippen LogP contribution is 2.38. The Morgan fingerprint density at radius 3 is 2.70 bits per heavy atom. The molecule has 3 heterocycles. The molecule has 0 bridgehead atoms. The highest BCUT2D eigenvalue weighted by Gasteiger charge is 2.35. The molecule has 0 aliphatic carbocycles. The molecule has 3 aromatic rings.